The van der Waals surface area contributed by atoms with Crippen molar-refractivity contribution in [1.29, 1.82) is 0 Å². The van der Waals surface area contributed by atoms with Gasteiger partial charge in [-0.05, 0) is 0 Å². The van der Waals surface area contributed by atoms with Gasteiger partial charge in [0.15, 0.2) is 0 Å². The van der Waals surface area contributed by atoms with Gasteiger partial charge in [0.1, 0.15) is 0 Å². The molecule has 0 spiro atoms. The molecular weight excluding hydrogens is 294 g/mol. The van der Waals surface area contributed by atoms with Gasteiger partial charge in [0.05, 0.1) is 0 Å². The summed E-state index contributed by atoms with van der Waals surface area (Å²) in [6.07, 6.45) is 0. The zero-order chi connectivity index (χ0) is 10.3. The Morgan fingerprint density at radius 1 is 0.846 bits per heavy atom. The van der Waals surface area contributed by atoms with Gasteiger partial charge >= 0.3 is 11.5 Å². The molecule has 0 saturated heterocycles. The quantitative estimate of drug-likeness (QED) is 0.450. The smallest absolute Gasteiger partial charge is 0.302 e. The van der Waals surface area contributed by atoms with Crippen molar-refractivity contribution in [3.8, 4) is 0 Å². The van der Waals surface area contributed by atoms with Crippen molar-refractivity contribution in [2.75, 3.05) is 0 Å². The molecule has 0 aromatic heterocycles. The zero-order valence-electron chi connectivity index (χ0n) is 5.90. The van der Waals surface area contributed by atoms with Crippen molar-refractivity contribution in [3.63, 3.8) is 0 Å². The Morgan fingerprint density at radius 3 is 0.923 bits per heavy atom. The normalized spacial score (nSPS) is 14.2. The van der Waals surface area contributed by atoms with E-state index < -0.39 is 33.7 Å². The van der Waals surface area contributed by atoms with E-state index in [1.54, 1.807) is 0 Å². The largest absolute Gasteiger partial charge is 0.336 e. The molecule has 2 atom stereocenters. The summed E-state index contributed by atoms with van der Waals surface area (Å²) < 4.78 is 75.3. The van der Waals surface area contributed by atoms with Crippen LogP contribution in [0.4, 0.5) is 17.6 Å². The Morgan fingerprint density at radius 2 is 0.923 bits per heavy atom. The van der Waals surface area contributed by atoms with Crippen molar-refractivity contribution in [2.24, 2.45) is 0 Å². The van der Waals surface area contributed by atoms with Crippen LogP contribution < -0.4 is 0 Å². The van der Waals surface area contributed by atoms with Crippen LogP contribution in [0.1, 0.15) is 0 Å². The number of hydrogen-bond acceptors (Lipinski definition) is 2. The maximum Gasteiger partial charge on any atom is 0.336 e. The molecule has 0 aromatic rings. The predicted octanol–water partition coefficient (Wildman–Crippen LogP) is 0.859. The fraction of sp³-hybridized carbons (Fsp3) is 1.00. The second-order valence-electron chi connectivity index (χ2n) is 1.07. The third kappa shape index (κ3) is 19.1. The first-order valence-electron chi connectivity index (χ1n) is 2.04. The molecule has 2 unspecified atom stereocenters. The molecule has 0 fully saturated rings. The molecule has 4 nitrogen and oxygen atoms in total. The standard InChI is InChI=1S/2CH2F2O2S.Zn/c2*2-1(3)6(4)5;/h2*1H,(H,4,5);. The molecule has 13 heavy (non-hydrogen) atoms. The van der Waals surface area contributed by atoms with Crippen LogP contribution in [-0.4, -0.2) is 29.0 Å². The molecule has 0 aliphatic heterocycles. The minimum absolute atomic E-state index is 0. The third-order valence-corrected chi connectivity index (χ3v) is 0.915. The summed E-state index contributed by atoms with van der Waals surface area (Å²) >= 11 is -5.90. The molecule has 11 heteroatoms. The number of alkyl halides is 4. The van der Waals surface area contributed by atoms with Gasteiger partial charge in [0, 0.05) is 19.5 Å². The van der Waals surface area contributed by atoms with Gasteiger partial charge in [-0.1, -0.05) is 0 Å². The third-order valence-electron chi connectivity index (χ3n) is 0.305. The zero-order valence-corrected chi connectivity index (χ0v) is 10.5. The van der Waals surface area contributed by atoms with Crippen molar-refractivity contribution >= 4 is 22.2 Å². The fourth-order valence-corrected chi connectivity index (χ4v) is 0. The summed E-state index contributed by atoms with van der Waals surface area (Å²) in [4.78, 5) is 0. The maximum atomic E-state index is 10.6. The molecule has 2 N–H and O–H groups in total. The Balaban J connectivity index is -0.000000143. The number of hydrogen-bond donors (Lipinski definition) is 2. The molecule has 0 aliphatic rings. The van der Waals surface area contributed by atoms with E-state index >= 15 is 0 Å². The van der Waals surface area contributed by atoms with Gasteiger partial charge in [-0.15, -0.1) is 0 Å². The van der Waals surface area contributed by atoms with Gasteiger partial charge < -0.3 is 9.11 Å². The first-order valence-corrected chi connectivity index (χ1v) is 4.38. The minimum atomic E-state index is -3.12. The predicted molar refractivity (Wildman–Crippen MR) is 33.6 cm³/mol. The van der Waals surface area contributed by atoms with Gasteiger partial charge in [0.25, 0.3) is 0 Å². The topological polar surface area (TPSA) is 74.6 Å². The summed E-state index contributed by atoms with van der Waals surface area (Å²) in [6, 6.07) is 0. The summed E-state index contributed by atoms with van der Waals surface area (Å²) in [5.41, 5.74) is 0. The first kappa shape index (κ1) is 19.2. The fourth-order valence-electron chi connectivity index (χ4n) is 0. The van der Waals surface area contributed by atoms with Gasteiger partial charge in [-0.2, -0.15) is 17.6 Å². The van der Waals surface area contributed by atoms with Crippen molar-refractivity contribution in [3.05, 3.63) is 0 Å². The molecule has 0 rings (SSSR count). The van der Waals surface area contributed by atoms with Crippen LogP contribution >= 0.6 is 0 Å². The van der Waals surface area contributed by atoms with Crippen LogP contribution in [0, 0.1) is 0 Å². The molecular formula is C2H4F4O4S2Zn. The number of halogens is 4. The van der Waals surface area contributed by atoms with Crippen molar-refractivity contribution < 1.29 is 54.6 Å². The van der Waals surface area contributed by atoms with E-state index in [-0.39, 0.29) is 19.5 Å². The van der Waals surface area contributed by atoms with Crippen LogP contribution in [-0.2, 0) is 41.6 Å². The molecule has 0 saturated carbocycles. The van der Waals surface area contributed by atoms with Crippen molar-refractivity contribution in [2.45, 2.75) is 11.5 Å². The van der Waals surface area contributed by atoms with Crippen LogP contribution in [0.25, 0.3) is 0 Å². The molecule has 0 radical (unpaired) electrons. The first-order chi connectivity index (χ1) is 5.29. The summed E-state index contributed by atoms with van der Waals surface area (Å²) in [5, 5.41) is 0. The monoisotopic (exact) mass is 296 g/mol. The van der Waals surface area contributed by atoms with Gasteiger partial charge in [-0.3, -0.25) is 0 Å². The maximum absolute atomic E-state index is 10.6. The van der Waals surface area contributed by atoms with Gasteiger partial charge in [-0.25, -0.2) is 8.42 Å². The molecule has 0 aliphatic carbocycles. The average Bonchev–Trinajstić information content (AvgIpc) is 1.88. The average molecular weight is 298 g/mol. The van der Waals surface area contributed by atoms with E-state index in [0.29, 0.717) is 0 Å². The summed E-state index contributed by atoms with van der Waals surface area (Å²) in [5.74, 6) is -6.24. The Bertz CT molecular complexity index is 148. The second kappa shape index (κ2) is 10.6. The van der Waals surface area contributed by atoms with Crippen LogP contribution in [0.3, 0.4) is 0 Å². The van der Waals surface area contributed by atoms with Crippen molar-refractivity contribution in [1.82, 2.24) is 0 Å². The summed E-state index contributed by atoms with van der Waals surface area (Å²) in [6.45, 7) is 0. The van der Waals surface area contributed by atoms with E-state index in [4.69, 9.17) is 17.5 Å². The van der Waals surface area contributed by atoms with Gasteiger partial charge in [0.2, 0.25) is 22.2 Å². The van der Waals surface area contributed by atoms with Crippen LogP contribution in [0.2, 0.25) is 0 Å². The molecule has 0 heterocycles. The molecule has 0 aromatic carbocycles. The molecule has 0 amide bonds. The van der Waals surface area contributed by atoms with E-state index in [0.717, 1.165) is 0 Å². The number of rotatable bonds is 2. The molecule has 0 bridgehead atoms. The second-order valence-corrected chi connectivity index (χ2v) is 2.89. The minimum Gasteiger partial charge on any atom is -0.302 e. The van der Waals surface area contributed by atoms with E-state index in [9.17, 15) is 17.6 Å². The Labute approximate surface area is 88.4 Å². The van der Waals surface area contributed by atoms with E-state index in [1.165, 1.54) is 0 Å². The van der Waals surface area contributed by atoms with Crippen LogP contribution in [0.15, 0.2) is 0 Å². The summed E-state index contributed by atoms with van der Waals surface area (Å²) in [7, 11) is 0. The van der Waals surface area contributed by atoms with Crippen LogP contribution in [0.5, 0.6) is 0 Å². The molecule has 78 valence electrons. The Hall–Kier alpha value is 0.563. The van der Waals surface area contributed by atoms with E-state index in [2.05, 4.69) is 0 Å². The Kier molecular flexibility index (Phi) is 15.7. The van der Waals surface area contributed by atoms with E-state index in [1.807, 2.05) is 0 Å². The SMILES string of the molecule is O=S(O)C(F)F.O=S(O)C(F)F.[Zn].